The molecule has 0 aliphatic heterocycles. The monoisotopic (exact) mass is 404 g/mol. The molecular formula is C20H22Cl2N4O. The fourth-order valence-corrected chi connectivity index (χ4v) is 2.53. The largest absolute Gasteiger partial charge is 0.345 e. The number of halogens is 2. The highest BCUT2D eigenvalue weighted by molar-refractivity contribution is 5.94. The van der Waals surface area contributed by atoms with Crippen molar-refractivity contribution in [3.05, 3.63) is 65.0 Å². The zero-order valence-corrected chi connectivity index (χ0v) is 16.8. The van der Waals surface area contributed by atoms with E-state index in [0.29, 0.717) is 12.1 Å². The minimum atomic E-state index is -0.0324. The standard InChI is InChI=1S/C20H20N4O.2ClH/c1-24(2)20(25)16-5-3-4-14(12-16)6-7-15-8-9-17-18(13-15)23-19(22-17)10-11-21;;/h3-5,8-9,12-13H,10-11,21H2,1-2H3,(H,22,23);2*1H. The molecule has 3 N–H and O–H groups in total. The van der Waals surface area contributed by atoms with Crippen molar-refractivity contribution in [1.82, 2.24) is 14.9 Å². The van der Waals surface area contributed by atoms with Gasteiger partial charge in [-0.1, -0.05) is 17.9 Å². The van der Waals surface area contributed by atoms with Crippen LogP contribution in [-0.2, 0) is 6.42 Å². The van der Waals surface area contributed by atoms with E-state index in [2.05, 4.69) is 21.8 Å². The molecular weight excluding hydrogens is 383 g/mol. The molecule has 0 saturated carbocycles. The van der Waals surface area contributed by atoms with E-state index in [1.165, 1.54) is 0 Å². The molecule has 142 valence electrons. The van der Waals surface area contributed by atoms with Crippen LogP contribution in [-0.4, -0.2) is 41.4 Å². The summed E-state index contributed by atoms with van der Waals surface area (Å²) in [6.45, 7) is 0.564. The van der Waals surface area contributed by atoms with Gasteiger partial charge in [-0.25, -0.2) is 4.98 Å². The van der Waals surface area contributed by atoms with Gasteiger partial charge >= 0.3 is 0 Å². The first-order valence-electron chi connectivity index (χ1n) is 8.09. The van der Waals surface area contributed by atoms with Crippen molar-refractivity contribution in [2.75, 3.05) is 20.6 Å². The van der Waals surface area contributed by atoms with Crippen LogP contribution in [0.1, 0.15) is 27.3 Å². The Bertz CT molecular complexity index is 986. The van der Waals surface area contributed by atoms with Crippen LogP contribution in [0.4, 0.5) is 0 Å². The molecule has 1 aromatic heterocycles. The van der Waals surface area contributed by atoms with Crippen molar-refractivity contribution >= 4 is 41.8 Å². The summed E-state index contributed by atoms with van der Waals surface area (Å²) < 4.78 is 0. The fourth-order valence-electron chi connectivity index (χ4n) is 2.53. The van der Waals surface area contributed by atoms with Gasteiger partial charge in [0.25, 0.3) is 5.91 Å². The summed E-state index contributed by atoms with van der Waals surface area (Å²) in [7, 11) is 3.47. The number of carbonyl (C=O) groups is 1. The van der Waals surface area contributed by atoms with Gasteiger partial charge in [-0.05, 0) is 42.9 Å². The molecule has 7 heteroatoms. The Morgan fingerprint density at radius 3 is 2.48 bits per heavy atom. The van der Waals surface area contributed by atoms with E-state index >= 15 is 0 Å². The topological polar surface area (TPSA) is 75.0 Å². The average molecular weight is 405 g/mol. The Morgan fingerprint density at radius 1 is 1.11 bits per heavy atom. The third-order valence-corrected chi connectivity index (χ3v) is 3.78. The summed E-state index contributed by atoms with van der Waals surface area (Å²) in [6, 6.07) is 13.2. The van der Waals surface area contributed by atoms with Crippen LogP contribution < -0.4 is 5.73 Å². The number of rotatable bonds is 3. The highest BCUT2D eigenvalue weighted by Crippen LogP contribution is 2.14. The molecule has 27 heavy (non-hydrogen) atoms. The smallest absolute Gasteiger partial charge is 0.253 e. The molecule has 0 spiro atoms. The number of hydrogen-bond donors (Lipinski definition) is 2. The maximum Gasteiger partial charge on any atom is 0.253 e. The SMILES string of the molecule is CN(C)C(=O)c1cccc(C#Cc2ccc3nc(CCN)[nH]c3c2)c1.Cl.Cl. The highest BCUT2D eigenvalue weighted by atomic mass is 35.5. The second-order valence-corrected chi connectivity index (χ2v) is 5.98. The summed E-state index contributed by atoms with van der Waals surface area (Å²) in [5.74, 6) is 7.11. The van der Waals surface area contributed by atoms with Crippen LogP contribution in [0, 0.1) is 11.8 Å². The zero-order valence-electron chi connectivity index (χ0n) is 15.2. The van der Waals surface area contributed by atoms with Crippen LogP contribution in [0.3, 0.4) is 0 Å². The summed E-state index contributed by atoms with van der Waals surface area (Å²) in [5, 5.41) is 0. The minimum absolute atomic E-state index is 0. The predicted molar refractivity (Wildman–Crippen MR) is 114 cm³/mol. The number of H-pyrrole nitrogens is 1. The molecule has 0 bridgehead atoms. The van der Waals surface area contributed by atoms with E-state index in [1.807, 2.05) is 36.4 Å². The van der Waals surface area contributed by atoms with E-state index in [1.54, 1.807) is 25.1 Å². The Labute approximate surface area is 171 Å². The van der Waals surface area contributed by atoms with Gasteiger partial charge in [-0.15, -0.1) is 24.8 Å². The third-order valence-electron chi connectivity index (χ3n) is 3.78. The van der Waals surface area contributed by atoms with Gasteiger partial charge in [-0.3, -0.25) is 4.79 Å². The number of aromatic nitrogens is 2. The van der Waals surface area contributed by atoms with Gasteiger partial charge in [0.15, 0.2) is 0 Å². The van der Waals surface area contributed by atoms with Crippen molar-refractivity contribution < 1.29 is 4.79 Å². The lowest BCUT2D eigenvalue weighted by molar-refractivity contribution is 0.0827. The van der Waals surface area contributed by atoms with Crippen molar-refractivity contribution in [1.29, 1.82) is 0 Å². The van der Waals surface area contributed by atoms with Crippen molar-refractivity contribution in [3.63, 3.8) is 0 Å². The lowest BCUT2D eigenvalue weighted by Gasteiger charge is -2.09. The zero-order chi connectivity index (χ0) is 17.8. The van der Waals surface area contributed by atoms with Crippen molar-refractivity contribution in [2.45, 2.75) is 6.42 Å². The number of benzene rings is 2. The van der Waals surface area contributed by atoms with Crippen LogP contribution in [0.2, 0.25) is 0 Å². The maximum atomic E-state index is 12.0. The lowest BCUT2D eigenvalue weighted by atomic mass is 10.1. The van der Waals surface area contributed by atoms with E-state index in [4.69, 9.17) is 5.73 Å². The third kappa shape index (κ3) is 5.48. The Morgan fingerprint density at radius 2 is 1.81 bits per heavy atom. The van der Waals surface area contributed by atoms with Gasteiger partial charge in [0.05, 0.1) is 11.0 Å². The molecule has 3 aromatic rings. The van der Waals surface area contributed by atoms with Crippen LogP contribution in [0.25, 0.3) is 11.0 Å². The summed E-state index contributed by atoms with van der Waals surface area (Å²) >= 11 is 0. The number of fused-ring (bicyclic) bond motifs is 1. The summed E-state index contributed by atoms with van der Waals surface area (Å²) in [6.07, 6.45) is 0.725. The first-order chi connectivity index (χ1) is 12.1. The quantitative estimate of drug-likeness (QED) is 0.658. The minimum Gasteiger partial charge on any atom is -0.345 e. The Kier molecular flexibility index (Phi) is 8.32. The van der Waals surface area contributed by atoms with E-state index in [0.717, 1.165) is 34.4 Å². The molecule has 0 radical (unpaired) electrons. The molecule has 0 aliphatic rings. The van der Waals surface area contributed by atoms with Gasteiger partial charge in [0.2, 0.25) is 0 Å². The van der Waals surface area contributed by atoms with Gasteiger partial charge in [0.1, 0.15) is 5.82 Å². The Hall–Kier alpha value is -2.52. The van der Waals surface area contributed by atoms with Crippen LogP contribution >= 0.6 is 24.8 Å². The molecule has 1 heterocycles. The van der Waals surface area contributed by atoms with Gasteiger partial charge in [0, 0.05) is 37.2 Å². The first-order valence-corrected chi connectivity index (χ1v) is 8.09. The molecule has 0 fully saturated rings. The summed E-state index contributed by atoms with van der Waals surface area (Å²) in [5.41, 5.74) is 9.75. The van der Waals surface area contributed by atoms with Gasteiger partial charge in [-0.2, -0.15) is 0 Å². The number of nitrogens with zero attached hydrogens (tertiary/aromatic N) is 2. The number of nitrogens with two attached hydrogens (primary N) is 1. The molecule has 2 aromatic carbocycles. The first kappa shape index (κ1) is 22.5. The number of imidazole rings is 1. The van der Waals surface area contributed by atoms with E-state index < -0.39 is 0 Å². The molecule has 0 unspecified atom stereocenters. The lowest BCUT2D eigenvalue weighted by Crippen LogP contribution is -2.21. The normalized spacial score (nSPS) is 9.59. The van der Waals surface area contributed by atoms with E-state index in [9.17, 15) is 4.79 Å². The molecule has 0 saturated heterocycles. The second kappa shape index (κ2) is 9.98. The number of aromatic amines is 1. The van der Waals surface area contributed by atoms with Crippen LogP contribution in [0.5, 0.6) is 0 Å². The molecule has 1 amide bonds. The van der Waals surface area contributed by atoms with E-state index in [-0.39, 0.29) is 30.7 Å². The number of carbonyl (C=O) groups excluding carboxylic acids is 1. The fraction of sp³-hybridized carbons (Fsp3) is 0.200. The number of nitrogens with one attached hydrogen (secondary N) is 1. The average Bonchev–Trinajstić information content (AvgIpc) is 3.01. The Balaban J connectivity index is 0.00000182. The van der Waals surface area contributed by atoms with Crippen molar-refractivity contribution in [3.8, 4) is 11.8 Å². The van der Waals surface area contributed by atoms with Crippen LogP contribution in [0.15, 0.2) is 42.5 Å². The van der Waals surface area contributed by atoms with Crippen molar-refractivity contribution in [2.24, 2.45) is 5.73 Å². The summed E-state index contributed by atoms with van der Waals surface area (Å²) in [4.78, 5) is 21.3. The maximum absolute atomic E-state index is 12.0. The molecule has 5 nitrogen and oxygen atoms in total. The second-order valence-electron chi connectivity index (χ2n) is 5.98. The van der Waals surface area contributed by atoms with Gasteiger partial charge < -0.3 is 15.6 Å². The number of amides is 1. The highest BCUT2D eigenvalue weighted by Gasteiger charge is 2.07. The molecule has 0 atom stereocenters. The number of hydrogen-bond acceptors (Lipinski definition) is 3. The predicted octanol–water partition coefficient (Wildman–Crippen LogP) is 3.01. The molecule has 3 rings (SSSR count). The molecule has 0 aliphatic carbocycles.